The number of aryl methyl sites for hydroxylation is 1. The van der Waals surface area contributed by atoms with E-state index >= 15 is 0 Å². The first-order valence-electron chi connectivity index (χ1n) is 44.9. The minimum Gasteiger partial charge on any atom is -0.478 e. The highest BCUT2D eigenvalue weighted by Crippen LogP contribution is 2.25. The Morgan fingerprint density at radius 3 is 1.05 bits per heavy atom. The molecule has 2 aliphatic rings. The molecular weight excluding hydrogens is 1770 g/mol. The molecule has 20 nitrogen and oxygen atoms in total. The lowest BCUT2D eigenvalue weighted by atomic mass is 9.96. The van der Waals surface area contributed by atoms with E-state index in [0.717, 1.165) is 68.1 Å². The van der Waals surface area contributed by atoms with E-state index in [9.17, 15) is 74.7 Å². The van der Waals surface area contributed by atoms with Gasteiger partial charge in [0, 0.05) is 90.4 Å². The lowest BCUT2D eigenvalue weighted by Gasteiger charge is -2.21. The average molecular weight is 1890 g/mol. The maximum Gasteiger partial charge on any atom is 0.336 e. The molecule has 9 aromatic rings. The normalized spacial score (nSPS) is 11.1. The second kappa shape index (κ2) is 68.2. The van der Waals surface area contributed by atoms with Crippen molar-refractivity contribution in [1.82, 2.24) is 0 Å². The standard InChI is InChI=1S/C25H16O3.C17H12O3.C13H8O3.C12H8O.C10H16O3.C9H12.C7H14O2S.C7H8O2S.C6H10O3.C6H14.C3H8/c1-18(26)23-16-21(14-12-19-8-4-2-5-9-19)22(17-24(23)25(27)28)15-13-20-10-6-3-7-11-20;1-12(18)15-10-9-14(11-16(15)17(19)20)8-7-13-5-3-2-4-6-13;1-4-9-6-11(8(3)14)12(13(15)16)7-10(9)5-2;1-4-10-6-7-12(9(3)13)8-11(10)5-2;1-8(11)7-10(12)13-9-5-3-2-4-6-9;1-2-6-9-7-4-3-5-8-9;2*1-10(8,9)7-5-3-2-4-6-7;1-3-9-6(8)4-5(2)7;1-3-5-6-4-2;1-3-2/h2-11,16-17H,1H3,(H,27,28);2-6,9-11H,1H3,(H,19,20);1-2,6-7H,3H3,(H,15,16);1-2,6-8H,3H3;9H,2-7H2,1H3;3-5,7-8H,2,6H2,1H3;7H,2-6H2,1H3;2-6H,1H3;3-4H2,1-2H3;3-6H2,1-2H3;3H2,1-2H3. The van der Waals surface area contributed by atoms with Crippen molar-refractivity contribution in [2.24, 2.45) is 0 Å². The van der Waals surface area contributed by atoms with Crippen LogP contribution in [0.25, 0.3) is 0 Å². The Morgan fingerprint density at radius 2 is 0.708 bits per heavy atom. The van der Waals surface area contributed by atoms with Gasteiger partial charge in [-0.25, -0.2) is 31.2 Å². The second-order valence-corrected chi connectivity index (χ2v) is 35.5. The number of ether oxygens (including phenoxy) is 2. The van der Waals surface area contributed by atoms with Gasteiger partial charge >= 0.3 is 29.8 Å². The summed E-state index contributed by atoms with van der Waals surface area (Å²) in [6.07, 6.45) is 43.2. The summed E-state index contributed by atoms with van der Waals surface area (Å²) in [5.74, 6) is 21.9. The molecule has 2 aliphatic carbocycles. The number of sulfone groups is 2. The van der Waals surface area contributed by atoms with Gasteiger partial charge in [-0.1, -0.05) is 267 Å². The molecule has 0 heterocycles. The van der Waals surface area contributed by atoms with E-state index in [4.69, 9.17) is 40.6 Å². The van der Waals surface area contributed by atoms with Crippen LogP contribution in [0.1, 0.15) is 332 Å². The predicted octanol–water partition coefficient (Wildman–Crippen LogP) is 22.2. The van der Waals surface area contributed by atoms with Crippen LogP contribution < -0.4 is 0 Å². The zero-order valence-corrected chi connectivity index (χ0v) is 82.5. The van der Waals surface area contributed by atoms with Crippen LogP contribution in [0.2, 0.25) is 0 Å². The maximum atomic E-state index is 11.9. The van der Waals surface area contributed by atoms with Gasteiger partial charge in [0.15, 0.2) is 33.0 Å². The molecule has 137 heavy (non-hydrogen) atoms. The smallest absolute Gasteiger partial charge is 0.336 e. The van der Waals surface area contributed by atoms with Crippen LogP contribution in [0.5, 0.6) is 0 Å². The van der Waals surface area contributed by atoms with E-state index in [2.05, 4.69) is 129 Å². The fourth-order valence-electron chi connectivity index (χ4n) is 12.3. The number of carbonyl (C=O) groups is 11. The Morgan fingerprint density at radius 1 is 0.358 bits per heavy atom. The van der Waals surface area contributed by atoms with Crippen LogP contribution in [-0.2, 0) is 54.7 Å². The number of unbranched alkanes of at least 4 members (excludes halogenated alkanes) is 3. The van der Waals surface area contributed by atoms with E-state index in [1.165, 1.54) is 154 Å². The molecule has 0 unspecified atom stereocenters. The highest BCUT2D eigenvalue weighted by molar-refractivity contribution is 7.91. The van der Waals surface area contributed by atoms with Crippen molar-refractivity contribution in [3.63, 3.8) is 0 Å². The average Bonchev–Trinajstić information content (AvgIpc) is 0.685. The lowest BCUT2D eigenvalue weighted by Crippen LogP contribution is -2.22. The largest absolute Gasteiger partial charge is 0.478 e. The van der Waals surface area contributed by atoms with Gasteiger partial charge in [0.05, 0.1) is 33.4 Å². The summed E-state index contributed by atoms with van der Waals surface area (Å²) in [6.45, 7) is 21.2. The van der Waals surface area contributed by atoms with Gasteiger partial charge < -0.3 is 24.8 Å². The Balaban J connectivity index is 0.000000781. The zero-order valence-electron chi connectivity index (χ0n) is 80.9. The molecule has 11 rings (SSSR count). The number of carboxylic acids is 3. The molecule has 0 atom stereocenters. The van der Waals surface area contributed by atoms with E-state index in [1.54, 1.807) is 61.5 Å². The number of carboxylic acid groups (broad SMARTS) is 3. The summed E-state index contributed by atoms with van der Waals surface area (Å²) < 4.78 is 53.3. The van der Waals surface area contributed by atoms with Crippen LogP contribution in [0.15, 0.2) is 217 Å². The van der Waals surface area contributed by atoms with Crippen molar-refractivity contribution < 1.29 is 94.4 Å². The fraction of sp³-hybridized carbons (Fsp3) is 0.313. The molecule has 9 aromatic carbocycles. The SMILES string of the molecule is C#Cc1cc(C(C)=O)c(C(=O)O)cc1C#C.C#Cc1ccc(C(C)=O)cc1C#C.CC(=O)CC(=O)OC1CCCCC1.CC(=O)c1cc(C#Cc2ccccc2)c(C#Cc2ccccc2)cc1C(=O)O.CC(=O)c1ccc(C#Cc2ccccc2)cc1C(=O)O.CCC.CCCCCC.CCCc1ccccc1.CCOC(=O)CC(C)=O.CS(=O)(=O)C1CCCCC1.CS(=O)(=O)c1ccccc1. The number of hydrogen-bond donors (Lipinski definition) is 3. The zero-order chi connectivity index (χ0) is 103. The van der Waals surface area contributed by atoms with E-state index in [-0.39, 0.29) is 98.2 Å². The summed E-state index contributed by atoms with van der Waals surface area (Å²) in [7, 11) is -5.73. The van der Waals surface area contributed by atoms with Crippen LogP contribution in [0.4, 0.5) is 0 Å². The van der Waals surface area contributed by atoms with Gasteiger partial charge in [0.1, 0.15) is 40.3 Å². The number of benzene rings is 9. The highest BCUT2D eigenvalue weighted by Gasteiger charge is 2.24. The van der Waals surface area contributed by atoms with Crippen molar-refractivity contribution >= 4 is 84.2 Å². The predicted molar refractivity (Wildman–Crippen MR) is 543 cm³/mol. The molecule has 2 saturated carbocycles. The Kier molecular flexibility index (Phi) is 59.8. The number of esters is 2. The lowest BCUT2D eigenvalue weighted by molar-refractivity contribution is -0.152. The van der Waals surface area contributed by atoms with E-state index < -0.39 is 43.6 Å². The molecule has 0 spiro atoms. The van der Waals surface area contributed by atoms with Crippen molar-refractivity contribution in [3.8, 4) is 84.9 Å². The van der Waals surface area contributed by atoms with Crippen LogP contribution in [-0.4, -0.2) is 127 Å². The molecule has 22 heteroatoms. The Hall–Kier alpha value is -14.8. The molecule has 3 N–H and O–H groups in total. The number of terminal acetylenes is 4. The molecule has 0 radical (unpaired) electrons. The molecular formula is C115H126O20S2. The van der Waals surface area contributed by atoms with Gasteiger partial charge in [0.2, 0.25) is 0 Å². The Labute approximate surface area is 811 Å². The first-order valence-corrected chi connectivity index (χ1v) is 48.8. The van der Waals surface area contributed by atoms with Crippen molar-refractivity contribution in [2.75, 3.05) is 19.1 Å². The summed E-state index contributed by atoms with van der Waals surface area (Å²) in [5, 5.41) is 27.5. The number of hydrogen-bond acceptors (Lipinski definition) is 17. The number of ketones is 6. The minimum absolute atomic E-state index is 0.0138. The van der Waals surface area contributed by atoms with Gasteiger partial charge in [-0.15, -0.1) is 25.7 Å². The Bertz CT molecular complexity index is 5930. The number of aromatic carboxylic acids is 3. The van der Waals surface area contributed by atoms with Crippen LogP contribution in [0.3, 0.4) is 0 Å². The summed E-state index contributed by atoms with van der Waals surface area (Å²) in [5.41, 5.74) is 8.10. The first-order chi connectivity index (χ1) is 65.1. The highest BCUT2D eigenvalue weighted by atomic mass is 32.2. The number of Topliss-reactive ketones (excluding diaryl/α,β-unsaturated/α-hetero) is 6. The molecule has 718 valence electrons. The molecule has 0 aromatic heterocycles. The van der Waals surface area contributed by atoms with Gasteiger partial charge in [0.25, 0.3) is 0 Å². The van der Waals surface area contributed by atoms with Crippen LogP contribution in [0, 0.1) is 84.9 Å². The molecule has 0 amide bonds. The third-order valence-electron chi connectivity index (χ3n) is 19.2. The third kappa shape index (κ3) is 51.3. The first kappa shape index (κ1) is 120. The van der Waals surface area contributed by atoms with E-state index in [1.807, 2.05) is 91.0 Å². The molecule has 0 aliphatic heterocycles. The van der Waals surface area contributed by atoms with Crippen molar-refractivity contribution in [1.29, 1.82) is 0 Å². The van der Waals surface area contributed by atoms with Crippen LogP contribution >= 0.6 is 0 Å². The monoisotopic (exact) mass is 1890 g/mol. The minimum atomic E-state index is -3.00. The topological polar surface area (TPSA) is 335 Å². The van der Waals surface area contributed by atoms with Gasteiger partial charge in [-0.05, 0) is 202 Å². The number of carbonyl (C=O) groups excluding carboxylic acids is 8. The fourth-order valence-corrected chi connectivity index (χ4v) is 14.1. The van der Waals surface area contributed by atoms with Crippen molar-refractivity contribution in [2.45, 2.75) is 221 Å². The number of rotatable bonds is 20. The van der Waals surface area contributed by atoms with E-state index in [0.29, 0.717) is 56.0 Å². The molecule has 0 saturated heterocycles. The van der Waals surface area contributed by atoms with Gasteiger partial charge in [-0.3, -0.25) is 38.4 Å². The third-order valence-corrected chi connectivity index (χ3v) is 22.0. The summed E-state index contributed by atoms with van der Waals surface area (Å²) >= 11 is 0. The second-order valence-electron chi connectivity index (χ2n) is 31.1. The summed E-state index contributed by atoms with van der Waals surface area (Å²) in [4.78, 5) is 122. The summed E-state index contributed by atoms with van der Waals surface area (Å²) in [6, 6.07) is 62.2. The van der Waals surface area contributed by atoms with Gasteiger partial charge in [-0.2, -0.15) is 0 Å². The molecule has 2 fully saturated rings. The quantitative estimate of drug-likeness (QED) is 0.0210. The maximum absolute atomic E-state index is 11.9. The van der Waals surface area contributed by atoms with Crippen molar-refractivity contribution in [3.05, 3.63) is 312 Å². The molecule has 0 bridgehead atoms.